The molecule has 1 amide bonds. The first-order valence-corrected chi connectivity index (χ1v) is 6.40. The smallest absolute Gasteiger partial charge is 0.282 e. The van der Waals surface area contributed by atoms with Crippen molar-refractivity contribution in [2.75, 3.05) is 24.6 Å². The van der Waals surface area contributed by atoms with E-state index in [4.69, 9.17) is 11.5 Å². The molecule has 0 aliphatic carbocycles. The van der Waals surface area contributed by atoms with Gasteiger partial charge in [-0.15, -0.1) is 0 Å². The Bertz CT molecular complexity index is 585. The fraction of sp³-hybridized carbons (Fsp3) is 0.462. The van der Waals surface area contributed by atoms with Crippen LogP contribution in [0.25, 0.3) is 0 Å². The van der Waals surface area contributed by atoms with Crippen molar-refractivity contribution in [1.82, 2.24) is 4.90 Å². The third-order valence-corrected chi connectivity index (χ3v) is 3.49. The van der Waals surface area contributed by atoms with Crippen LogP contribution in [-0.2, 0) is 4.79 Å². The second kappa shape index (κ2) is 5.62. The van der Waals surface area contributed by atoms with Crippen LogP contribution in [0, 0.1) is 5.82 Å². The predicted molar refractivity (Wildman–Crippen MR) is 70.1 cm³/mol. The lowest BCUT2D eigenvalue weighted by Gasteiger charge is -2.40. The molecule has 1 aromatic rings. The second-order valence-corrected chi connectivity index (χ2v) is 5.20. The number of halogens is 5. The topological polar surface area (TPSA) is 72.4 Å². The number of hydrogen-bond donors (Lipinski definition) is 2. The first kappa shape index (κ1) is 16.3. The molecule has 122 valence electrons. The third-order valence-electron chi connectivity index (χ3n) is 3.49. The van der Waals surface area contributed by atoms with E-state index in [1.165, 1.54) is 6.07 Å². The molecule has 1 unspecified atom stereocenters. The maximum atomic E-state index is 14.1. The fourth-order valence-corrected chi connectivity index (χ4v) is 2.32. The largest absolute Gasteiger partial charge is 0.397 e. The Morgan fingerprint density at radius 1 is 1.27 bits per heavy atom. The highest BCUT2D eigenvalue weighted by Gasteiger charge is 2.48. The molecular weight excluding hydrogens is 309 g/mol. The maximum Gasteiger partial charge on any atom is 0.282 e. The van der Waals surface area contributed by atoms with Gasteiger partial charge >= 0.3 is 0 Å². The molecule has 1 aliphatic heterocycles. The molecule has 1 aromatic carbocycles. The summed E-state index contributed by atoms with van der Waals surface area (Å²) in [7, 11) is 0. The highest BCUT2D eigenvalue weighted by atomic mass is 19.3. The van der Waals surface area contributed by atoms with Crippen LogP contribution in [0.5, 0.6) is 0 Å². The van der Waals surface area contributed by atoms with Crippen molar-refractivity contribution in [3.63, 3.8) is 0 Å². The van der Waals surface area contributed by atoms with Crippen LogP contribution >= 0.6 is 0 Å². The Labute approximate surface area is 122 Å². The predicted octanol–water partition coefficient (Wildman–Crippen LogP) is 2.21. The molecule has 22 heavy (non-hydrogen) atoms. The van der Waals surface area contributed by atoms with Gasteiger partial charge in [-0.05, 0) is 6.07 Å². The number of likely N-dealkylation sites (tertiary alicyclic amines) is 1. The molecule has 0 aromatic heterocycles. The zero-order valence-corrected chi connectivity index (χ0v) is 11.3. The number of benzene rings is 1. The van der Waals surface area contributed by atoms with E-state index < -0.39 is 55.2 Å². The number of nitrogens with two attached hydrogens (primary N) is 2. The Morgan fingerprint density at radius 2 is 1.86 bits per heavy atom. The van der Waals surface area contributed by atoms with E-state index in [9.17, 15) is 26.7 Å². The van der Waals surface area contributed by atoms with Gasteiger partial charge in [0.1, 0.15) is 0 Å². The van der Waals surface area contributed by atoms with Crippen LogP contribution in [0.2, 0.25) is 0 Å². The van der Waals surface area contributed by atoms with Crippen molar-refractivity contribution < 1.29 is 26.7 Å². The number of rotatable bonds is 4. The van der Waals surface area contributed by atoms with Crippen LogP contribution in [-0.4, -0.2) is 36.2 Å². The van der Waals surface area contributed by atoms with Crippen LogP contribution < -0.4 is 11.5 Å². The van der Waals surface area contributed by atoms with Gasteiger partial charge in [-0.2, -0.15) is 0 Å². The fourth-order valence-electron chi connectivity index (χ4n) is 2.32. The minimum atomic E-state index is -3.04. The van der Waals surface area contributed by atoms with Crippen molar-refractivity contribution in [3.8, 4) is 0 Å². The molecule has 0 spiro atoms. The summed E-state index contributed by atoms with van der Waals surface area (Å²) in [6.07, 6.45) is -3.89. The van der Waals surface area contributed by atoms with Gasteiger partial charge in [0.2, 0.25) is 12.3 Å². The number of alkyl halides is 4. The van der Waals surface area contributed by atoms with E-state index in [2.05, 4.69) is 0 Å². The summed E-state index contributed by atoms with van der Waals surface area (Å²) < 4.78 is 65.1. The van der Waals surface area contributed by atoms with Gasteiger partial charge in [0, 0.05) is 12.0 Å². The third kappa shape index (κ3) is 3.07. The lowest BCUT2D eigenvalue weighted by Crippen LogP contribution is -2.59. The second-order valence-electron chi connectivity index (χ2n) is 5.20. The number of hydrogen-bond acceptors (Lipinski definition) is 3. The summed E-state index contributed by atoms with van der Waals surface area (Å²) in [6.45, 7) is -1.73. The van der Waals surface area contributed by atoms with Gasteiger partial charge in [0.15, 0.2) is 5.82 Å². The van der Waals surface area contributed by atoms with Crippen molar-refractivity contribution in [3.05, 3.63) is 23.5 Å². The van der Waals surface area contributed by atoms with Crippen LogP contribution in [0.1, 0.15) is 17.9 Å². The van der Waals surface area contributed by atoms with Gasteiger partial charge in [-0.3, -0.25) is 4.79 Å². The monoisotopic (exact) mass is 323 g/mol. The average molecular weight is 323 g/mol. The number of carbonyl (C=O) groups is 1. The Kier molecular flexibility index (Phi) is 4.17. The first-order chi connectivity index (χ1) is 10.1. The number of carbonyl (C=O) groups excluding carboxylic acids is 1. The molecule has 1 heterocycles. The summed E-state index contributed by atoms with van der Waals surface area (Å²) in [5, 5.41) is 0. The highest BCUT2D eigenvalue weighted by molar-refractivity contribution is 5.85. The van der Waals surface area contributed by atoms with Crippen LogP contribution in [0.15, 0.2) is 12.1 Å². The summed E-state index contributed by atoms with van der Waals surface area (Å²) in [5.74, 6) is -6.68. The SMILES string of the molecule is Nc1ccc(C(CC(F)F)C(=O)N2CC(F)(F)C2)c(F)c1N. The highest BCUT2D eigenvalue weighted by Crippen LogP contribution is 2.35. The molecule has 9 heteroatoms. The molecule has 1 saturated heterocycles. The molecule has 0 saturated carbocycles. The summed E-state index contributed by atoms with van der Waals surface area (Å²) >= 11 is 0. The van der Waals surface area contributed by atoms with Gasteiger partial charge in [0.25, 0.3) is 5.92 Å². The molecule has 1 fully saturated rings. The van der Waals surface area contributed by atoms with Crippen molar-refractivity contribution in [1.29, 1.82) is 0 Å². The van der Waals surface area contributed by atoms with Gasteiger partial charge in [-0.1, -0.05) is 6.07 Å². The zero-order valence-electron chi connectivity index (χ0n) is 11.3. The molecule has 4 nitrogen and oxygen atoms in total. The lowest BCUT2D eigenvalue weighted by molar-refractivity contribution is -0.168. The van der Waals surface area contributed by atoms with Gasteiger partial charge in [-0.25, -0.2) is 22.0 Å². The number of anilines is 2. The average Bonchev–Trinajstić information content (AvgIpc) is 2.39. The van der Waals surface area contributed by atoms with Crippen molar-refractivity contribution in [2.24, 2.45) is 0 Å². The van der Waals surface area contributed by atoms with E-state index in [0.717, 1.165) is 11.0 Å². The Morgan fingerprint density at radius 3 is 2.36 bits per heavy atom. The van der Waals surface area contributed by atoms with E-state index >= 15 is 0 Å². The molecule has 0 radical (unpaired) electrons. The molecule has 1 aliphatic rings. The Balaban J connectivity index is 2.31. The quantitative estimate of drug-likeness (QED) is 0.659. The minimum absolute atomic E-state index is 0.0972. The molecular formula is C13H14F5N3O. The molecule has 0 bridgehead atoms. The van der Waals surface area contributed by atoms with E-state index in [1.807, 2.05) is 0 Å². The van der Waals surface area contributed by atoms with E-state index in [0.29, 0.717) is 0 Å². The molecule has 1 atom stereocenters. The van der Waals surface area contributed by atoms with Crippen molar-refractivity contribution >= 4 is 17.3 Å². The van der Waals surface area contributed by atoms with Crippen LogP contribution in [0.3, 0.4) is 0 Å². The normalized spacial score (nSPS) is 18.2. The minimum Gasteiger partial charge on any atom is -0.397 e. The Hall–Kier alpha value is -2.06. The summed E-state index contributed by atoms with van der Waals surface area (Å²) in [5.41, 5.74) is 9.85. The zero-order chi connectivity index (χ0) is 16.7. The van der Waals surface area contributed by atoms with Crippen LogP contribution in [0.4, 0.5) is 33.3 Å². The standard InChI is InChI=1S/C13H14F5N3O/c14-9(15)3-7(12(22)21-4-13(17,18)5-21)6-1-2-8(19)11(20)10(6)16/h1-2,7,9H,3-5,19-20H2. The molecule has 4 N–H and O–H groups in total. The number of nitrogen functional groups attached to an aromatic ring is 2. The number of amides is 1. The number of nitrogens with zero attached hydrogens (tertiary/aromatic N) is 1. The van der Waals surface area contributed by atoms with Gasteiger partial charge < -0.3 is 16.4 Å². The van der Waals surface area contributed by atoms with E-state index in [-0.39, 0.29) is 11.3 Å². The summed E-state index contributed by atoms with van der Waals surface area (Å²) in [4.78, 5) is 12.8. The maximum absolute atomic E-state index is 14.1. The first-order valence-electron chi connectivity index (χ1n) is 6.40. The van der Waals surface area contributed by atoms with Gasteiger partial charge in [0.05, 0.1) is 30.4 Å². The summed E-state index contributed by atoms with van der Waals surface area (Å²) in [6, 6.07) is 2.26. The van der Waals surface area contributed by atoms with E-state index in [1.54, 1.807) is 0 Å². The lowest BCUT2D eigenvalue weighted by atomic mass is 9.91. The van der Waals surface area contributed by atoms with Crippen molar-refractivity contribution in [2.45, 2.75) is 24.7 Å². The molecule has 2 rings (SSSR count).